The third kappa shape index (κ3) is 7.56. The molecule has 0 unspecified atom stereocenters. The Morgan fingerprint density at radius 2 is 2.11 bits per heavy atom. The molecule has 0 saturated heterocycles. The maximum atomic E-state index is 5.82. The van der Waals surface area contributed by atoms with Gasteiger partial charge in [-0.3, -0.25) is 0 Å². The second kappa shape index (κ2) is 10.9. The number of thiazole rings is 1. The monoisotopic (exact) mass is 389 g/mol. The van der Waals surface area contributed by atoms with Crippen LogP contribution in [0.4, 0.5) is 0 Å². The Morgan fingerprint density at radius 3 is 2.78 bits per heavy atom. The predicted molar refractivity (Wildman–Crippen MR) is 114 cm³/mol. The number of guanidine groups is 1. The van der Waals surface area contributed by atoms with Crippen molar-refractivity contribution < 1.29 is 4.74 Å². The van der Waals surface area contributed by atoms with Crippen molar-refractivity contribution in [3.63, 3.8) is 0 Å². The van der Waals surface area contributed by atoms with Crippen molar-refractivity contribution in [2.75, 3.05) is 40.8 Å². The van der Waals surface area contributed by atoms with E-state index in [0.29, 0.717) is 13.2 Å². The lowest BCUT2D eigenvalue weighted by molar-refractivity contribution is 0.261. The van der Waals surface area contributed by atoms with Gasteiger partial charge in [0.15, 0.2) is 5.96 Å². The average Bonchev–Trinajstić information content (AvgIpc) is 3.03. The number of aliphatic imine (C=N–C) groups is 1. The average molecular weight is 390 g/mol. The highest BCUT2D eigenvalue weighted by molar-refractivity contribution is 7.09. The van der Waals surface area contributed by atoms with Crippen molar-refractivity contribution in [1.82, 2.24) is 20.1 Å². The molecule has 0 saturated carbocycles. The molecule has 1 heterocycles. The molecular weight excluding hydrogens is 358 g/mol. The Kier molecular flexibility index (Phi) is 8.54. The highest BCUT2D eigenvalue weighted by Crippen LogP contribution is 2.15. The fraction of sp³-hybridized carbons (Fsp3) is 0.500. The molecule has 0 amide bonds. The van der Waals surface area contributed by atoms with Crippen LogP contribution in [0.3, 0.4) is 0 Å². The van der Waals surface area contributed by atoms with Gasteiger partial charge in [-0.05, 0) is 45.6 Å². The number of aromatic nitrogens is 1. The minimum Gasteiger partial charge on any atom is -0.492 e. The molecule has 0 fully saturated rings. The number of nitrogens with one attached hydrogen (secondary N) is 1. The van der Waals surface area contributed by atoms with Crippen LogP contribution < -0.4 is 10.1 Å². The van der Waals surface area contributed by atoms with Crippen LogP contribution in [-0.2, 0) is 13.1 Å². The van der Waals surface area contributed by atoms with Crippen molar-refractivity contribution in [2.45, 2.75) is 26.9 Å². The van der Waals surface area contributed by atoms with Crippen molar-refractivity contribution in [3.8, 4) is 5.75 Å². The van der Waals surface area contributed by atoms with Gasteiger partial charge in [0, 0.05) is 25.5 Å². The summed E-state index contributed by atoms with van der Waals surface area (Å²) in [5, 5.41) is 6.55. The Bertz CT molecular complexity index is 729. The van der Waals surface area contributed by atoms with E-state index in [0.717, 1.165) is 47.6 Å². The van der Waals surface area contributed by atoms with Gasteiger partial charge in [-0.25, -0.2) is 9.98 Å². The summed E-state index contributed by atoms with van der Waals surface area (Å²) < 4.78 is 5.82. The first-order valence-electron chi connectivity index (χ1n) is 9.25. The van der Waals surface area contributed by atoms with Crippen molar-refractivity contribution in [3.05, 3.63) is 45.9 Å². The summed E-state index contributed by atoms with van der Waals surface area (Å²) in [7, 11) is 6.12. The number of ether oxygens (including phenoxy) is 1. The third-order valence-electron chi connectivity index (χ3n) is 3.88. The molecule has 148 valence electrons. The van der Waals surface area contributed by atoms with Crippen molar-refractivity contribution in [1.29, 1.82) is 0 Å². The number of hydrogen-bond acceptors (Lipinski definition) is 5. The summed E-state index contributed by atoms with van der Waals surface area (Å²) in [6, 6.07) is 8.15. The molecule has 0 bridgehead atoms. The summed E-state index contributed by atoms with van der Waals surface area (Å²) in [6.07, 6.45) is 0. The summed E-state index contributed by atoms with van der Waals surface area (Å²) in [5.41, 5.74) is 2.20. The van der Waals surface area contributed by atoms with Gasteiger partial charge < -0.3 is 19.9 Å². The zero-order valence-corrected chi connectivity index (χ0v) is 17.8. The van der Waals surface area contributed by atoms with Crippen molar-refractivity contribution in [2.24, 2.45) is 4.99 Å². The van der Waals surface area contributed by atoms with Crippen LogP contribution in [0.15, 0.2) is 34.6 Å². The molecule has 27 heavy (non-hydrogen) atoms. The number of aryl methyl sites for hydroxylation is 1. The quantitative estimate of drug-likeness (QED) is 0.528. The normalized spacial score (nSPS) is 11.7. The molecular formula is C20H31N5OS. The fourth-order valence-electron chi connectivity index (χ4n) is 2.51. The lowest BCUT2D eigenvalue weighted by Crippen LogP contribution is -2.38. The maximum Gasteiger partial charge on any atom is 0.194 e. The lowest BCUT2D eigenvalue weighted by atomic mass is 10.2. The topological polar surface area (TPSA) is 53.0 Å². The molecule has 1 aromatic heterocycles. The van der Waals surface area contributed by atoms with E-state index in [1.807, 2.05) is 40.2 Å². The van der Waals surface area contributed by atoms with Gasteiger partial charge in [-0.2, -0.15) is 0 Å². The molecule has 2 aromatic rings. The SMILES string of the molecule is CCNC(=NCc1cccc(OCCN(C)C)c1)N(C)Cc1csc(C)n1. The van der Waals surface area contributed by atoms with Gasteiger partial charge >= 0.3 is 0 Å². The molecule has 6 nitrogen and oxygen atoms in total. The van der Waals surface area contributed by atoms with E-state index in [2.05, 4.69) is 44.5 Å². The zero-order chi connectivity index (χ0) is 19.6. The molecule has 1 N–H and O–H groups in total. The summed E-state index contributed by atoms with van der Waals surface area (Å²) in [4.78, 5) is 13.5. The second-order valence-electron chi connectivity index (χ2n) is 6.68. The first kappa shape index (κ1) is 21.2. The number of nitrogens with zero attached hydrogens (tertiary/aromatic N) is 4. The van der Waals surface area contributed by atoms with E-state index in [-0.39, 0.29) is 0 Å². The smallest absolute Gasteiger partial charge is 0.194 e. The standard InChI is InChI=1S/C20H31N5OS/c1-6-21-20(25(5)14-18-15-27-16(2)23-18)22-13-17-8-7-9-19(12-17)26-11-10-24(3)4/h7-9,12,15H,6,10-11,13-14H2,1-5H3,(H,21,22). The molecule has 0 aliphatic rings. The summed E-state index contributed by atoms with van der Waals surface area (Å²) in [6.45, 7) is 7.85. The Hall–Kier alpha value is -2.12. The van der Waals surface area contributed by atoms with E-state index in [1.165, 1.54) is 0 Å². The number of benzene rings is 1. The molecule has 0 aliphatic carbocycles. The highest BCUT2D eigenvalue weighted by Gasteiger charge is 2.08. The van der Waals surface area contributed by atoms with E-state index in [1.54, 1.807) is 11.3 Å². The number of rotatable bonds is 9. The zero-order valence-electron chi connectivity index (χ0n) is 17.0. The Morgan fingerprint density at radius 1 is 1.30 bits per heavy atom. The van der Waals surface area contributed by atoms with Gasteiger partial charge in [0.2, 0.25) is 0 Å². The van der Waals surface area contributed by atoms with Gasteiger partial charge in [-0.15, -0.1) is 11.3 Å². The van der Waals surface area contributed by atoms with Gasteiger partial charge in [0.1, 0.15) is 12.4 Å². The Labute approximate surface area is 166 Å². The maximum absolute atomic E-state index is 5.82. The van der Waals surface area contributed by atoms with Crippen LogP contribution in [-0.4, -0.2) is 61.6 Å². The first-order chi connectivity index (χ1) is 13.0. The van der Waals surface area contributed by atoms with Crippen LogP contribution in [0.25, 0.3) is 0 Å². The molecule has 0 atom stereocenters. The predicted octanol–water partition coefficient (Wildman–Crippen LogP) is 2.99. The summed E-state index contributed by atoms with van der Waals surface area (Å²) in [5.74, 6) is 1.77. The molecule has 0 radical (unpaired) electrons. The fourth-order valence-corrected chi connectivity index (χ4v) is 3.12. The van der Waals surface area contributed by atoms with Gasteiger partial charge in [-0.1, -0.05) is 12.1 Å². The minimum atomic E-state index is 0.605. The minimum absolute atomic E-state index is 0.605. The third-order valence-corrected chi connectivity index (χ3v) is 4.70. The first-order valence-corrected chi connectivity index (χ1v) is 10.1. The van der Waals surface area contributed by atoms with Gasteiger partial charge in [0.25, 0.3) is 0 Å². The largest absolute Gasteiger partial charge is 0.492 e. The van der Waals surface area contributed by atoms with E-state index in [9.17, 15) is 0 Å². The van der Waals surface area contributed by atoms with E-state index >= 15 is 0 Å². The molecule has 1 aromatic carbocycles. The summed E-state index contributed by atoms with van der Waals surface area (Å²) >= 11 is 1.68. The second-order valence-corrected chi connectivity index (χ2v) is 7.75. The number of hydrogen-bond donors (Lipinski definition) is 1. The Balaban J connectivity index is 1.98. The van der Waals surface area contributed by atoms with Gasteiger partial charge in [0.05, 0.1) is 23.8 Å². The van der Waals surface area contributed by atoms with Crippen LogP contribution in [0.1, 0.15) is 23.2 Å². The van der Waals surface area contributed by atoms with E-state index in [4.69, 9.17) is 9.73 Å². The van der Waals surface area contributed by atoms with Crippen LogP contribution in [0.5, 0.6) is 5.75 Å². The lowest BCUT2D eigenvalue weighted by Gasteiger charge is -2.21. The molecule has 7 heteroatoms. The molecule has 0 spiro atoms. The highest BCUT2D eigenvalue weighted by atomic mass is 32.1. The van der Waals surface area contributed by atoms with Crippen LogP contribution in [0.2, 0.25) is 0 Å². The van der Waals surface area contributed by atoms with Crippen LogP contribution in [0, 0.1) is 6.92 Å². The number of likely N-dealkylation sites (N-methyl/N-ethyl adjacent to an activating group) is 1. The van der Waals surface area contributed by atoms with E-state index < -0.39 is 0 Å². The molecule has 2 rings (SSSR count). The van der Waals surface area contributed by atoms with Crippen molar-refractivity contribution >= 4 is 17.3 Å². The molecule has 0 aliphatic heterocycles. The van der Waals surface area contributed by atoms with Crippen LogP contribution >= 0.6 is 11.3 Å².